The van der Waals surface area contributed by atoms with Crippen LogP contribution in [0.1, 0.15) is 38.4 Å². The number of benzene rings is 1. The highest BCUT2D eigenvalue weighted by atomic mass is 19.1. The van der Waals surface area contributed by atoms with Gasteiger partial charge >= 0.3 is 0 Å². The van der Waals surface area contributed by atoms with Gasteiger partial charge in [-0.3, -0.25) is 4.79 Å². The highest BCUT2D eigenvalue weighted by molar-refractivity contribution is 5.75. The van der Waals surface area contributed by atoms with Crippen LogP contribution < -0.4 is 5.32 Å². The molecule has 2 N–H and O–H groups in total. The summed E-state index contributed by atoms with van der Waals surface area (Å²) in [5.41, 5.74) is 1.57. The number of hydrogen-bond acceptors (Lipinski definition) is 4. The maximum Gasteiger partial charge on any atom is 0.217 e. The average Bonchev–Trinajstić information content (AvgIpc) is 3.31. The number of aromatic nitrogens is 2. The molecule has 0 bridgehead atoms. The molecular formula is C23H31FN4O2. The van der Waals surface area contributed by atoms with Crippen molar-refractivity contribution in [1.82, 2.24) is 20.2 Å². The molecule has 5 rings (SSSR count). The Morgan fingerprint density at radius 3 is 2.87 bits per heavy atom. The van der Waals surface area contributed by atoms with Crippen LogP contribution >= 0.6 is 0 Å². The van der Waals surface area contributed by atoms with Crippen molar-refractivity contribution in [2.24, 2.45) is 17.8 Å². The summed E-state index contributed by atoms with van der Waals surface area (Å²) >= 11 is 0. The van der Waals surface area contributed by atoms with Gasteiger partial charge in [-0.2, -0.15) is 0 Å². The average molecular weight is 415 g/mol. The van der Waals surface area contributed by atoms with E-state index in [1.165, 1.54) is 25.0 Å². The number of carbonyl (C=O) groups excluding carboxylic acids is 1. The van der Waals surface area contributed by atoms with Gasteiger partial charge in [0.25, 0.3) is 0 Å². The summed E-state index contributed by atoms with van der Waals surface area (Å²) in [7, 11) is 0. The Hall–Kier alpha value is -1.99. The lowest BCUT2D eigenvalue weighted by Crippen LogP contribution is -2.50. The van der Waals surface area contributed by atoms with Gasteiger partial charge in [0.1, 0.15) is 11.6 Å². The fraction of sp³-hybridized carbons (Fsp3) is 0.652. The van der Waals surface area contributed by atoms with Crippen molar-refractivity contribution in [2.45, 2.75) is 51.2 Å². The molecule has 7 heteroatoms. The summed E-state index contributed by atoms with van der Waals surface area (Å²) in [6, 6.07) is 4.80. The molecule has 2 heterocycles. The molecule has 3 fully saturated rings. The van der Waals surface area contributed by atoms with Crippen molar-refractivity contribution < 1.29 is 13.9 Å². The van der Waals surface area contributed by atoms with Crippen LogP contribution in [0.3, 0.4) is 0 Å². The second-order valence-corrected chi connectivity index (χ2v) is 9.47. The zero-order chi connectivity index (χ0) is 20.7. The highest BCUT2D eigenvalue weighted by Crippen LogP contribution is 2.39. The van der Waals surface area contributed by atoms with Crippen molar-refractivity contribution in [3.8, 4) is 0 Å². The van der Waals surface area contributed by atoms with Gasteiger partial charge in [0.15, 0.2) is 0 Å². The Labute approximate surface area is 176 Å². The number of aromatic amines is 1. The number of likely N-dealkylation sites (tertiary alicyclic amines) is 1. The number of nitrogens with one attached hydrogen (secondary N) is 2. The largest absolute Gasteiger partial charge is 0.376 e. The van der Waals surface area contributed by atoms with E-state index in [9.17, 15) is 9.18 Å². The van der Waals surface area contributed by atoms with E-state index < -0.39 is 0 Å². The minimum absolute atomic E-state index is 0.0367. The van der Waals surface area contributed by atoms with Gasteiger partial charge < -0.3 is 19.9 Å². The molecule has 30 heavy (non-hydrogen) atoms. The number of halogens is 1. The number of carbonyl (C=O) groups is 1. The van der Waals surface area contributed by atoms with E-state index in [2.05, 4.69) is 20.2 Å². The predicted octanol–water partition coefficient (Wildman–Crippen LogP) is 2.89. The fourth-order valence-corrected chi connectivity index (χ4v) is 5.25. The van der Waals surface area contributed by atoms with Crippen molar-refractivity contribution in [3.05, 3.63) is 29.8 Å². The first kappa shape index (κ1) is 19.9. The minimum Gasteiger partial charge on any atom is -0.376 e. The van der Waals surface area contributed by atoms with Crippen molar-refractivity contribution in [2.75, 3.05) is 26.2 Å². The van der Waals surface area contributed by atoms with Crippen LogP contribution in [0.25, 0.3) is 11.0 Å². The Morgan fingerprint density at radius 1 is 1.30 bits per heavy atom. The number of rotatable bonds is 7. The van der Waals surface area contributed by atoms with Gasteiger partial charge in [0.05, 0.1) is 23.2 Å². The smallest absolute Gasteiger partial charge is 0.217 e. The Balaban J connectivity index is 1.18. The predicted molar refractivity (Wildman–Crippen MR) is 112 cm³/mol. The van der Waals surface area contributed by atoms with Crippen LogP contribution in [0.5, 0.6) is 0 Å². The SMILES string of the molecule is CC(=O)N[C@@H]1C[C@@H]2CN(CCc3nc4ccc(F)cc4[nH]3)C[C@@H]2C[C@H]1OCC1CC1. The molecule has 2 saturated carbocycles. The molecule has 2 aliphatic carbocycles. The van der Waals surface area contributed by atoms with Gasteiger partial charge in [0.2, 0.25) is 5.91 Å². The normalized spacial score (nSPS) is 29.3. The van der Waals surface area contributed by atoms with Crippen LogP contribution in [0.2, 0.25) is 0 Å². The summed E-state index contributed by atoms with van der Waals surface area (Å²) in [6.07, 6.45) is 5.56. The lowest BCUT2D eigenvalue weighted by molar-refractivity contribution is -0.122. The molecule has 2 aromatic rings. The summed E-state index contributed by atoms with van der Waals surface area (Å²) in [5, 5.41) is 3.15. The molecule has 4 atom stereocenters. The number of imidazole rings is 1. The highest BCUT2D eigenvalue weighted by Gasteiger charge is 2.43. The Morgan fingerprint density at radius 2 is 2.10 bits per heavy atom. The van der Waals surface area contributed by atoms with Crippen molar-refractivity contribution >= 4 is 16.9 Å². The first-order chi connectivity index (χ1) is 14.5. The molecule has 3 aliphatic rings. The minimum atomic E-state index is -0.242. The zero-order valence-electron chi connectivity index (χ0n) is 17.6. The van der Waals surface area contributed by atoms with Crippen molar-refractivity contribution in [1.29, 1.82) is 0 Å². The third-order valence-electron chi connectivity index (χ3n) is 6.98. The quantitative estimate of drug-likeness (QED) is 0.731. The number of ether oxygens (including phenoxy) is 1. The van der Waals surface area contributed by atoms with Gasteiger partial charge in [-0.25, -0.2) is 9.37 Å². The molecule has 1 amide bonds. The third kappa shape index (κ3) is 4.52. The fourth-order valence-electron chi connectivity index (χ4n) is 5.25. The first-order valence-corrected chi connectivity index (χ1v) is 11.3. The maximum atomic E-state index is 13.4. The van der Waals surface area contributed by atoms with E-state index in [-0.39, 0.29) is 23.9 Å². The second kappa shape index (κ2) is 8.27. The van der Waals surface area contributed by atoms with E-state index in [0.717, 1.165) is 68.3 Å². The zero-order valence-corrected chi connectivity index (χ0v) is 17.6. The Kier molecular flexibility index (Phi) is 5.50. The van der Waals surface area contributed by atoms with Crippen LogP contribution in [0, 0.1) is 23.6 Å². The van der Waals surface area contributed by atoms with Gasteiger partial charge in [-0.05, 0) is 61.6 Å². The van der Waals surface area contributed by atoms with E-state index in [0.29, 0.717) is 11.8 Å². The molecule has 6 nitrogen and oxygen atoms in total. The van der Waals surface area contributed by atoms with Crippen LogP contribution in [-0.4, -0.2) is 59.2 Å². The summed E-state index contributed by atoms with van der Waals surface area (Å²) in [6.45, 7) is 5.52. The summed E-state index contributed by atoms with van der Waals surface area (Å²) in [5.74, 6) is 2.67. The number of hydrogen-bond donors (Lipinski definition) is 2. The number of fused-ring (bicyclic) bond motifs is 2. The monoisotopic (exact) mass is 414 g/mol. The van der Waals surface area contributed by atoms with E-state index in [1.807, 2.05) is 0 Å². The standard InChI is InChI=1S/C23H31FN4O2/c1-14(29)25-21-8-16-11-28(12-17(16)9-22(21)30-13-15-2-3-15)7-6-23-26-19-5-4-18(24)10-20(19)27-23/h4-5,10,15-17,21-22H,2-3,6-9,11-13H2,1H3,(H,25,29)(H,26,27)/t16-,17+,21-,22-/m1/s1. The second-order valence-electron chi connectivity index (χ2n) is 9.47. The molecule has 162 valence electrons. The Bertz CT molecular complexity index is 912. The lowest BCUT2D eigenvalue weighted by Gasteiger charge is -2.38. The van der Waals surface area contributed by atoms with E-state index >= 15 is 0 Å². The molecule has 1 aliphatic heterocycles. The maximum absolute atomic E-state index is 13.4. The third-order valence-corrected chi connectivity index (χ3v) is 6.98. The molecule has 1 saturated heterocycles. The van der Waals surface area contributed by atoms with Gasteiger partial charge in [-0.1, -0.05) is 0 Å². The summed E-state index contributed by atoms with van der Waals surface area (Å²) < 4.78 is 19.7. The number of nitrogens with zero attached hydrogens (tertiary/aromatic N) is 2. The number of amides is 1. The molecule has 0 spiro atoms. The lowest BCUT2D eigenvalue weighted by atomic mass is 9.77. The molecular weight excluding hydrogens is 383 g/mol. The number of H-pyrrole nitrogens is 1. The first-order valence-electron chi connectivity index (χ1n) is 11.3. The van der Waals surface area contributed by atoms with Gasteiger partial charge in [-0.15, -0.1) is 0 Å². The van der Waals surface area contributed by atoms with E-state index in [4.69, 9.17) is 4.74 Å². The summed E-state index contributed by atoms with van der Waals surface area (Å²) in [4.78, 5) is 22.1. The molecule has 0 radical (unpaired) electrons. The van der Waals surface area contributed by atoms with Crippen LogP contribution in [-0.2, 0) is 16.0 Å². The van der Waals surface area contributed by atoms with Crippen LogP contribution in [0.15, 0.2) is 18.2 Å². The molecule has 0 unspecified atom stereocenters. The molecule has 1 aromatic heterocycles. The molecule has 1 aromatic carbocycles. The van der Waals surface area contributed by atoms with Crippen molar-refractivity contribution in [3.63, 3.8) is 0 Å². The van der Waals surface area contributed by atoms with E-state index in [1.54, 1.807) is 13.0 Å². The van der Waals surface area contributed by atoms with Crippen LogP contribution in [0.4, 0.5) is 4.39 Å². The van der Waals surface area contributed by atoms with Gasteiger partial charge in [0, 0.05) is 39.6 Å². The topological polar surface area (TPSA) is 70.2 Å².